The van der Waals surface area contributed by atoms with Crippen molar-refractivity contribution in [1.29, 1.82) is 0 Å². The number of ether oxygens (including phenoxy) is 1. The van der Waals surface area contributed by atoms with Crippen LogP contribution in [-0.4, -0.2) is 36.7 Å². The molecule has 1 aromatic heterocycles. The molecule has 6 heteroatoms. The summed E-state index contributed by atoms with van der Waals surface area (Å²) >= 11 is 1.40. The maximum Gasteiger partial charge on any atom is 0.350 e. The molecule has 0 bridgehead atoms. The highest BCUT2D eigenvalue weighted by molar-refractivity contribution is 7.14. The third kappa shape index (κ3) is 5.15. The summed E-state index contributed by atoms with van der Waals surface area (Å²) in [7, 11) is 1.37. The van der Waals surface area contributed by atoms with E-state index in [1.807, 2.05) is 13.0 Å². The zero-order valence-electron chi connectivity index (χ0n) is 18.1. The summed E-state index contributed by atoms with van der Waals surface area (Å²) in [4.78, 5) is 29.3. The van der Waals surface area contributed by atoms with Crippen molar-refractivity contribution in [3.8, 4) is 0 Å². The Balaban J connectivity index is 2.49. The lowest BCUT2D eigenvalue weighted by atomic mass is 9.82. The lowest BCUT2D eigenvalue weighted by Gasteiger charge is -2.34. The Hall–Kier alpha value is -1.40. The number of anilines is 1. The number of carbonyl (C=O) groups excluding carboxylic acids is 2. The second kappa shape index (κ2) is 9.40. The fraction of sp³-hybridized carbons (Fsp3) is 0.727. The number of esters is 1. The number of amides is 1. The van der Waals surface area contributed by atoms with E-state index in [9.17, 15) is 14.7 Å². The average molecular weight is 410 g/mol. The monoisotopic (exact) mass is 409 g/mol. The van der Waals surface area contributed by atoms with E-state index in [0.29, 0.717) is 22.9 Å². The van der Waals surface area contributed by atoms with Gasteiger partial charge < -0.3 is 14.7 Å². The Kier molecular flexibility index (Phi) is 7.68. The smallest absolute Gasteiger partial charge is 0.350 e. The van der Waals surface area contributed by atoms with Crippen LogP contribution in [0.1, 0.15) is 81.3 Å². The van der Waals surface area contributed by atoms with Crippen molar-refractivity contribution in [3.05, 3.63) is 15.8 Å². The van der Waals surface area contributed by atoms with Crippen LogP contribution in [0, 0.1) is 11.8 Å². The van der Waals surface area contributed by atoms with Gasteiger partial charge in [0.2, 0.25) is 5.91 Å². The lowest BCUT2D eigenvalue weighted by molar-refractivity contribution is -0.124. The molecule has 158 valence electrons. The maximum absolute atomic E-state index is 13.5. The first-order valence-corrected chi connectivity index (χ1v) is 11.1. The molecule has 1 amide bonds. The lowest BCUT2D eigenvalue weighted by Crippen LogP contribution is -2.44. The van der Waals surface area contributed by atoms with Crippen LogP contribution in [0.2, 0.25) is 0 Å². The Labute approximate surface area is 173 Å². The maximum atomic E-state index is 13.5. The number of hydrogen-bond donors (Lipinski definition) is 1. The van der Waals surface area contributed by atoms with E-state index in [1.54, 1.807) is 4.90 Å². The van der Waals surface area contributed by atoms with Crippen molar-refractivity contribution in [2.45, 2.75) is 78.2 Å². The SMILES string of the molecule is COC(=O)c1sc(C(C)(C)C)cc1N(C(=O)C1CCC(C)CC1)[C@@H](C)CCO. The topological polar surface area (TPSA) is 66.8 Å². The molecule has 1 aromatic rings. The fourth-order valence-electron chi connectivity index (χ4n) is 3.76. The highest BCUT2D eigenvalue weighted by atomic mass is 32.1. The van der Waals surface area contributed by atoms with Gasteiger partial charge in [-0.25, -0.2) is 4.79 Å². The molecule has 0 saturated heterocycles. The molecule has 2 rings (SSSR count). The Bertz CT molecular complexity index is 683. The highest BCUT2D eigenvalue weighted by Gasteiger charge is 2.35. The number of rotatable bonds is 6. The van der Waals surface area contributed by atoms with E-state index in [0.717, 1.165) is 30.6 Å². The van der Waals surface area contributed by atoms with Crippen molar-refractivity contribution < 1.29 is 19.4 Å². The molecule has 1 N–H and O–H groups in total. The summed E-state index contributed by atoms with van der Waals surface area (Å²) in [5.41, 5.74) is 0.493. The molecule has 1 fully saturated rings. The fourth-order valence-corrected chi connectivity index (χ4v) is 4.89. The van der Waals surface area contributed by atoms with Crippen molar-refractivity contribution in [2.75, 3.05) is 18.6 Å². The first-order valence-electron chi connectivity index (χ1n) is 10.3. The summed E-state index contributed by atoms with van der Waals surface area (Å²) in [6.07, 6.45) is 4.34. The predicted molar refractivity (Wildman–Crippen MR) is 114 cm³/mol. The van der Waals surface area contributed by atoms with E-state index in [1.165, 1.54) is 18.4 Å². The summed E-state index contributed by atoms with van der Waals surface area (Å²) < 4.78 is 5.02. The quantitative estimate of drug-likeness (QED) is 0.688. The molecule has 5 nitrogen and oxygen atoms in total. The van der Waals surface area contributed by atoms with Crippen LogP contribution in [0.25, 0.3) is 0 Å². The van der Waals surface area contributed by atoms with Crippen molar-refractivity contribution in [2.24, 2.45) is 11.8 Å². The zero-order chi connectivity index (χ0) is 21.1. The van der Waals surface area contributed by atoms with Crippen LogP contribution in [0.15, 0.2) is 6.07 Å². The van der Waals surface area contributed by atoms with E-state index < -0.39 is 5.97 Å². The number of methoxy groups -OCH3 is 1. The third-order valence-electron chi connectivity index (χ3n) is 5.67. The Morgan fingerprint density at radius 1 is 1.29 bits per heavy atom. The zero-order valence-corrected chi connectivity index (χ0v) is 18.9. The van der Waals surface area contributed by atoms with Crippen LogP contribution in [-0.2, 0) is 14.9 Å². The van der Waals surface area contributed by atoms with Gasteiger partial charge in [0.25, 0.3) is 0 Å². The summed E-state index contributed by atoms with van der Waals surface area (Å²) in [6.45, 7) is 10.4. The molecular weight excluding hydrogens is 374 g/mol. The minimum atomic E-state index is -0.415. The molecule has 0 unspecified atom stereocenters. The molecule has 0 aliphatic heterocycles. The number of aliphatic hydroxyl groups is 1. The largest absolute Gasteiger partial charge is 0.465 e. The van der Waals surface area contributed by atoms with E-state index >= 15 is 0 Å². The van der Waals surface area contributed by atoms with E-state index in [2.05, 4.69) is 27.7 Å². The number of aliphatic hydroxyl groups excluding tert-OH is 1. The summed E-state index contributed by atoms with van der Waals surface area (Å²) in [5, 5.41) is 9.49. The van der Waals surface area contributed by atoms with Gasteiger partial charge in [-0.15, -0.1) is 11.3 Å². The Morgan fingerprint density at radius 3 is 2.39 bits per heavy atom. The van der Waals surface area contributed by atoms with Gasteiger partial charge in [-0.05, 0) is 56.4 Å². The standard InChI is InChI=1S/C22H35NO4S/c1-14-7-9-16(10-8-14)20(25)23(15(2)11-12-24)17-13-18(22(3,4)5)28-19(17)21(26)27-6/h13-16,24H,7-12H2,1-6H3/t14?,15-,16?/m0/s1. The third-order valence-corrected chi connectivity index (χ3v) is 7.20. The van der Waals surface area contributed by atoms with Crippen LogP contribution in [0.3, 0.4) is 0 Å². The number of hydrogen-bond acceptors (Lipinski definition) is 5. The van der Waals surface area contributed by atoms with Crippen LogP contribution >= 0.6 is 11.3 Å². The second-order valence-corrected chi connectivity index (χ2v) is 10.1. The number of nitrogens with zero attached hydrogens (tertiary/aromatic N) is 1. The summed E-state index contributed by atoms with van der Waals surface area (Å²) in [6, 6.07) is 1.77. The van der Waals surface area contributed by atoms with Crippen LogP contribution in [0.5, 0.6) is 0 Å². The van der Waals surface area contributed by atoms with E-state index in [-0.39, 0.29) is 29.9 Å². The van der Waals surface area contributed by atoms with Gasteiger partial charge in [0, 0.05) is 23.4 Å². The number of carbonyl (C=O) groups is 2. The molecule has 0 radical (unpaired) electrons. The first kappa shape index (κ1) is 22.9. The van der Waals surface area contributed by atoms with Gasteiger partial charge in [0.15, 0.2) is 0 Å². The average Bonchev–Trinajstić information content (AvgIpc) is 3.07. The molecule has 1 aliphatic carbocycles. The Morgan fingerprint density at radius 2 is 1.89 bits per heavy atom. The molecule has 1 atom stereocenters. The molecule has 1 aliphatic rings. The highest BCUT2D eigenvalue weighted by Crippen LogP contribution is 2.40. The molecule has 1 heterocycles. The molecule has 28 heavy (non-hydrogen) atoms. The minimum Gasteiger partial charge on any atom is -0.465 e. The van der Waals surface area contributed by atoms with Crippen molar-refractivity contribution in [3.63, 3.8) is 0 Å². The first-order chi connectivity index (χ1) is 13.1. The van der Waals surface area contributed by atoms with Crippen LogP contribution < -0.4 is 4.90 Å². The van der Waals surface area contributed by atoms with Gasteiger partial charge in [-0.2, -0.15) is 0 Å². The van der Waals surface area contributed by atoms with E-state index in [4.69, 9.17) is 4.74 Å². The van der Waals surface area contributed by atoms with Gasteiger partial charge in [-0.3, -0.25) is 4.79 Å². The van der Waals surface area contributed by atoms with Crippen molar-refractivity contribution in [1.82, 2.24) is 0 Å². The van der Waals surface area contributed by atoms with Crippen LogP contribution in [0.4, 0.5) is 5.69 Å². The van der Waals surface area contributed by atoms with Gasteiger partial charge in [-0.1, -0.05) is 27.7 Å². The molecule has 1 saturated carbocycles. The number of thiophene rings is 1. The summed E-state index contributed by atoms with van der Waals surface area (Å²) in [5.74, 6) is 0.283. The second-order valence-electron chi connectivity index (χ2n) is 9.09. The molecule has 0 aromatic carbocycles. The van der Waals surface area contributed by atoms with Gasteiger partial charge in [0.05, 0.1) is 12.8 Å². The predicted octanol–water partition coefficient (Wildman–Crippen LogP) is 4.76. The minimum absolute atomic E-state index is 0.00350. The normalized spacial score (nSPS) is 21.2. The van der Waals surface area contributed by atoms with Gasteiger partial charge >= 0.3 is 5.97 Å². The molecule has 0 spiro atoms. The molecular formula is C22H35NO4S. The van der Waals surface area contributed by atoms with Gasteiger partial charge in [0.1, 0.15) is 4.88 Å². The van der Waals surface area contributed by atoms with Crippen molar-refractivity contribution >= 4 is 28.9 Å².